The summed E-state index contributed by atoms with van der Waals surface area (Å²) in [6.45, 7) is 1.73. The molecule has 0 saturated heterocycles. The number of carboxylic acids is 1. The van der Waals surface area contributed by atoms with Crippen LogP contribution in [0.5, 0.6) is 0 Å². The van der Waals surface area contributed by atoms with E-state index < -0.39 is 5.97 Å². The highest BCUT2D eigenvalue weighted by Crippen LogP contribution is 2.26. The highest BCUT2D eigenvalue weighted by Gasteiger charge is 2.18. The number of hydrogen-bond donors (Lipinski definition) is 2. The normalized spacial score (nSPS) is 10.9. The number of halogens is 2. The molecule has 2 aromatic heterocycles. The first kappa shape index (κ1) is 14.5. The number of aromatic carboxylic acids is 1. The molecule has 0 unspecified atom stereocenters. The van der Waals surface area contributed by atoms with E-state index in [4.69, 9.17) is 0 Å². The maximum Gasteiger partial charge on any atom is 0.341 e. The molecule has 0 bridgehead atoms. The van der Waals surface area contributed by atoms with Gasteiger partial charge in [-0.2, -0.15) is 9.61 Å². The fourth-order valence-corrected chi connectivity index (χ4v) is 2.44. The minimum Gasteiger partial charge on any atom is -0.477 e. The first-order chi connectivity index (χ1) is 10.5. The second-order valence-electron chi connectivity index (χ2n) is 4.64. The Kier molecular flexibility index (Phi) is 3.53. The SMILES string of the molecule is Cc1cc(F)ccc1Nc1c(C(=O)O)cnc2c(Br)cnn12. The molecule has 0 amide bonds. The Morgan fingerprint density at radius 1 is 1.41 bits per heavy atom. The molecule has 0 aliphatic rings. The number of anilines is 2. The molecule has 2 heterocycles. The Balaban J connectivity index is 2.19. The van der Waals surface area contributed by atoms with Gasteiger partial charge in [0.2, 0.25) is 0 Å². The molecule has 8 heteroatoms. The molecule has 1 aromatic carbocycles. The molecule has 0 atom stereocenters. The summed E-state index contributed by atoms with van der Waals surface area (Å²) in [6.07, 6.45) is 2.78. The van der Waals surface area contributed by atoms with Crippen LogP contribution in [0.3, 0.4) is 0 Å². The molecule has 3 aromatic rings. The van der Waals surface area contributed by atoms with Gasteiger partial charge in [0.25, 0.3) is 0 Å². The van der Waals surface area contributed by atoms with Crippen LogP contribution in [0.2, 0.25) is 0 Å². The average molecular weight is 365 g/mol. The van der Waals surface area contributed by atoms with Gasteiger partial charge < -0.3 is 10.4 Å². The zero-order valence-electron chi connectivity index (χ0n) is 11.3. The lowest BCUT2D eigenvalue weighted by molar-refractivity contribution is 0.0697. The Bertz CT molecular complexity index is 894. The molecule has 3 rings (SSSR count). The largest absolute Gasteiger partial charge is 0.477 e. The van der Waals surface area contributed by atoms with Gasteiger partial charge in [-0.25, -0.2) is 14.2 Å². The van der Waals surface area contributed by atoms with Gasteiger partial charge in [0.05, 0.1) is 10.7 Å². The highest BCUT2D eigenvalue weighted by molar-refractivity contribution is 9.10. The van der Waals surface area contributed by atoms with Crippen molar-refractivity contribution in [3.05, 3.63) is 52.0 Å². The predicted molar refractivity (Wildman–Crippen MR) is 82.1 cm³/mol. The molecule has 0 aliphatic carbocycles. The number of benzene rings is 1. The van der Waals surface area contributed by atoms with Crippen molar-refractivity contribution in [1.82, 2.24) is 14.6 Å². The maximum atomic E-state index is 13.2. The third-order valence-corrected chi connectivity index (χ3v) is 3.71. The quantitative estimate of drug-likeness (QED) is 0.744. The molecule has 0 spiro atoms. The van der Waals surface area contributed by atoms with E-state index in [1.165, 1.54) is 29.0 Å². The molecule has 0 fully saturated rings. The van der Waals surface area contributed by atoms with E-state index in [1.807, 2.05) is 0 Å². The monoisotopic (exact) mass is 364 g/mol. The Morgan fingerprint density at radius 2 is 2.18 bits per heavy atom. The number of nitrogens with one attached hydrogen (secondary N) is 1. The number of rotatable bonds is 3. The van der Waals surface area contributed by atoms with E-state index in [9.17, 15) is 14.3 Å². The number of aromatic nitrogens is 3. The van der Waals surface area contributed by atoms with Crippen LogP contribution in [0.4, 0.5) is 15.9 Å². The van der Waals surface area contributed by atoms with Gasteiger partial charge in [-0.1, -0.05) is 0 Å². The molecule has 2 N–H and O–H groups in total. The molecule has 112 valence electrons. The molecular weight excluding hydrogens is 355 g/mol. The molecule has 22 heavy (non-hydrogen) atoms. The van der Waals surface area contributed by atoms with Gasteiger partial charge in [-0.15, -0.1) is 0 Å². The van der Waals surface area contributed by atoms with Crippen LogP contribution in [0.25, 0.3) is 5.65 Å². The number of hydrogen-bond acceptors (Lipinski definition) is 4. The fourth-order valence-electron chi connectivity index (χ4n) is 2.07. The lowest BCUT2D eigenvalue weighted by Gasteiger charge is -2.13. The van der Waals surface area contributed by atoms with Crippen LogP contribution in [0, 0.1) is 12.7 Å². The topological polar surface area (TPSA) is 79.5 Å². The average Bonchev–Trinajstić information content (AvgIpc) is 2.84. The van der Waals surface area contributed by atoms with Crippen molar-refractivity contribution in [3.63, 3.8) is 0 Å². The van der Waals surface area contributed by atoms with Crippen LogP contribution in [0.1, 0.15) is 15.9 Å². The Hall–Kier alpha value is -2.48. The third kappa shape index (κ3) is 2.41. The van der Waals surface area contributed by atoms with Crippen LogP contribution >= 0.6 is 15.9 Å². The van der Waals surface area contributed by atoms with E-state index >= 15 is 0 Å². The summed E-state index contributed by atoms with van der Waals surface area (Å²) >= 11 is 3.30. The fraction of sp³-hybridized carbons (Fsp3) is 0.0714. The second-order valence-corrected chi connectivity index (χ2v) is 5.49. The van der Waals surface area contributed by atoms with Crippen LogP contribution in [-0.2, 0) is 0 Å². The molecular formula is C14H10BrFN4O2. The van der Waals surface area contributed by atoms with Crippen molar-refractivity contribution in [2.24, 2.45) is 0 Å². The van der Waals surface area contributed by atoms with Crippen molar-refractivity contribution in [1.29, 1.82) is 0 Å². The molecule has 6 nitrogen and oxygen atoms in total. The Labute approximate surface area is 132 Å². The lowest BCUT2D eigenvalue weighted by atomic mass is 10.2. The van der Waals surface area contributed by atoms with Gasteiger partial charge >= 0.3 is 5.97 Å². The third-order valence-electron chi connectivity index (χ3n) is 3.16. The first-order valence-corrected chi connectivity index (χ1v) is 7.05. The minimum atomic E-state index is -1.14. The van der Waals surface area contributed by atoms with Crippen molar-refractivity contribution in [2.75, 3.05) is 5.32 Å². The van der Waals surface area contributed by atoms with Crippen LogP contribution < -0.4 is 5.32 Å². The van der Waals surface area contributed by atoms with Gasteiger partial charge in [0.15, 0.2) is 11.5 Å². The van der Waals surface area contributed by atoms with Gasteiger partial charge in [0, 0.05) is 11.9 Å². The van der Waals surface area contributed by atoms with Crippen molar-refractivity contribution in [3.8, 4) is 0 Å². The van der Waals surface area contributed by atoms with Gasteiger partial charge in [-0.05, 0) is 46.6 Å². The number of aryl methyl sites for hydroxylation is 1. The highest BCUT2D eigenvalue weighted by atomic mass is 79.9. The van der Waals surface area contributed by atoms with Gasteiger partial charge in [0.1, 0.15) is 11.4 Å². The van der Waals surface area contributed by atoms with E-state index in [1.54, 1.807) is 13.0 Å². The summed E-state index contributed by atoms with van der Waals surface area (Å²) in [4.78, 5) is 15.5. The number of nitrogens with zero attached hydrogens (tertiary/aromatic N) is 3. The standard InChI is InChI=1S/C14H10BrFN4O2/c1-7-4-8(16)2-3-11(7)19-12-9(14(21)22)5-17-13-10(15)6-18-20(12)13/h2-6,19H,1H3,(H,21,22). The number of carbonyl (C=O) groups is 1. The minimum absolute atomic E-state index is 0.0353. The second kappa shape index (κ2) is 5.38. The summed E-state index contributed by atoms with van der Waals surface area (Å²) < 4.78 is 15.2. The summed E-state index contributed by atoms with van der Waals surface area (Å²) in [5.41, 5.74) is 1.68. The predicted octanol–water partition coefficient (Wildman–Crippen LogP) is 3.38. The first-order valence-electron chi connectivity index (χ1n) is 6.26. The lowest BCUT2D eigenvalue weighted by Crippen LogP contribution is -2.10. The summed E-state index contributed by atoms with van der Waals surface area (Å²) in [6, 6.07) is 4.20. The zero-order valence-corrected chi connectivity index (χ0v) is 12.9. The maximum absolute atomic E-state index is 13.2. The van der Waals surface area contributed by atoms with E-state index in [0.29, 0.717) is 21.4 Å². The molecule has 0 radical (unpaired) electrons. The number of fused-ring (bicyclic) bond motifs is 1. The van der Waals surface area contributed by atoms with Crippen LogP contribution in [0.15, 0.2) is 35.1 Å². The summed E-state index contributed by atoms with van der Waals surface area (Å²) in [5, 5.41) is 16.4. The van der Waals surface area contributed by atoms with Crippen molar-refractivity contribution in [2.45, 2.75) is 6.92 Å². The van der Waals surface area contributed by atoms with Crippen LogP contribution in [-0.4, -0.2) is 25.7 Å². The summed E-state index contributed by atoms with van der Waals surface area (Å²) in [7, 11) is 0. The summed E-state index contributed by atoms with van der Waals surface area (Å²) in [5.74, 6) is -1.25. The smallest absolute Gasteiger partial charge is 0.341 e. The molecule has 0 aliphatic heterocycles. The Morgan fingerprint density at radius 3 is 2.86 bits per heavy atom. The van der Waals surface area contributed by atoms with E-state index in [-0.39, 0.29) is 17.2 Å². The van der Waals surface area contributed by atoms with Crippen molar-refractivity contribution < 1.29 is 14.3 Å². The van der Waals surface area contributed by atoms with Gasteiger partial charge in [-0.3, -0.25) is 0 Å². The van der Waals surface area contributed by atoms with E-state index in [2.05, 4.69) is 31.3 Å². The van der Waals surface area contributed by atoms with Crippen molar-refractivity contribution >= 4 is 39.1 Å². The molecule has 0 saturated carbocycles. The number of carboxylic acid groups (broad SMARTS) is 1. The zero-order chi connectivity index (χ0) is 15.9. The van der Waals surface area contributed by atoms with E-state index in [0.717, 1.165) is 0 Å².